The van der Waals surface area contributed by atoms with Gasteiger partial charge in [0.2, 0.25) is 0 Å². The summed E-state index contributed by atoms with van der Waals surface area (Å²) in [6, 6.07) is 17.0. The standard InChI is InChI=1S/C25H28O5/c1-4-29-24(27)23(25(28)30-5-2)17-22(15-14-19-10-7-6-8-11-19)21-13-9-12-20(16-21)18(3)26/h6-16,22-23H,4-5,17H2,1-3H3/b15-14+. The van der Waals surface area contributed by atoms with E-state index in [1.165, 1.54) is 6.92 Å². The van der Waals surface area contributed by atoms with Gasteiger partial charge in [0.1, 0.15) is 0 Å². The highest BCUT2D eigenvalue weighted by Gasteiger charge is 2.32. The van der Waals surface area contributed by atoms with Crippen LogP contribution in [0.25, 0.3) is 6.08 Å². The maximum Gasteiger partial charge on any atom is 0.320 e. The minimum absolute atomic E-state index is 0.0463. The fraction of sp³-hybridized carbons (Fsp3) is 0.320. The zero-order valence-electron chi connectivity index (χ0n) is 17.7. The molecule has 2 aromatic rings. The molecule has 158 valence electrons. The Labute approximate surface area is 177 Å². The molecule has 0 saturated carbocycles. The quantitative estimate of drug-likeness (QED) is 0.320. The molecule has 0 saturated heterocycles. The molecule has 0 spiro atoms. The minimum atomic E-state index is -1.05. The largest absolute Gasteiger partial charge is 0.465 e. The van der Waals surface area contributed by atoms with Crippen LogP contribution in [0, 0.1) is 5.92 Å². The Morgan fingerprint density at radius 3 is 2.10 bits per heavy atom. The third-order valence-electron chi connectivity index (χ3n) is 4.67. The molecule has 5 heteroatoms. The fourth-order valence-electron chi connectivity index (χ4n) is 3.13. The summed E-state index contributed by atoms with van der Waals surface area (Å²) < 4.78 is 10.2. The lowest BCUT2D eigenvalue weighted by Gasteiger charge is -2.20. The van der Waals surface area contributed by atoms with Crippen molar-refractivity contribution >= 4 is 23.8 Å². The first-order valence-corrected chi connectivity index (χ1v) is 10.1. The SMILES string of the molecule is CCOC(=O)C(CC(/C=C/c1ccccc1)c1cccc(C(C)=O)c1)C(=O)OCC. The van der Waals surface area contributed by atoms with Gasteiger partial charge in [-0.2, -0.15) is 0 Å². The number of carbonyl (C=O) groups excluding carboxylic acids is 3. The summed E-state index contributed by atoms with van der Waals surface area (Å²) in [6.45, 7) is 5.26. The number of carbonyl (C=O) groups is 3. The Morgan fingerprint density at radius 1 is 0.900 bits per heavy atom. The van der Waals surface area contributed by atoms with Crippen molar-refractivity contribution < 1.29 is 23.9 Å². The number of ketones is 1. The molecule has 0 N–H and O–H groups in total. The summed E-state index contributed by atoms with van der Waals surface area (Å²) in [6.07, 6.45) is 4.07. The monoisotopic (exact) mass is 408 g/mol. The van der Waals surface area contributed by atoms with Gasteiger partial charge in [0.15, 0.2) is 11.7 Å². The number of esters is 2. The third-order valence-corrected chi connectivity index (χ3v) is 4.67. The number of benzene rings is 2. The normalized spacial score (nSPS) is 12.0. The molecule has 0 heterocycles. The van der Waals surface area contributed by atoms with Crippen LogP contribution in [0.3, 0.4) is 0 Å². The average Bonchev–Trinajstić information content (AvgIpc) is 2.75. The molecule has 0 bridgehead atoms. The highest BCUT2D eigenvalue weighted by atomic mass is 16.6. The average molecular weight is 408 g/mol. The van der Waals surface area contributed by atoms with Crippen LogP contribution < -0.4 is 0 Å². The number of ether oxygens (including phenoxy) is 2. The number of Topliss-reactive ketones (excluding diaryl/α,β-unsaturated/α-hetero) is 1. The maximum absolute atomic E-state index is 12.5. The molecule has 2 aromatic carbocycles. The van der Waals surface area contributed by atoms with Crippen molar-refractivity contribution in [2.75, 3.05) is 13.2 Å². The van der Waals surface area contributed by atoms with Gasteiger partial charge >= 0.3 is 11.9 Å². The second kappa shape index (κ2) is 11.7. The van der Waals surface area contributed by atoms with Crippen LogP contribution in [-0.2, 0) is 19.1 Å². The van der Waals surface area contributed by atoms with Gasteiger partial charge in [-0.15, -0.1) is 0 Å². The summed E-state index contributed by atoms with van der Waals surface area (Å²) in [5, 5.41) is 0. The van der Waals surface area contributed by atoms with E-state index in [0.717, 1.165) is 11.1 Å². The fourth-order valence-corrected chi connectivity index (χ4v) is 3.13. The van der Waals surface area contributed by atoms with Crippen molar-refractivity contribution in [2.24, 2.45) is 5.92 Å². The minimum Gasteiger partial charge on any atom is -0.465 e. The van der Waals surface area contributed by atoms with E-state index in [9.17, 15) is 14.4 Å². The van der Waals surface area contributed by atoms with Gasteiger partial charge in [-0.1, -0.05) is 60.7 Å². The van der Waals surface area contributed by atoms with Gasteiger partial charge in [0.05, 0.1) is 13.2 Å². The number of allylic oxidation sites excluding steroid dienone is 1. The van der Waals surface area contributed by atoms with E-state index in [1.54, 1.807) is 32.0 Å². The van der Waals surface area contributed by atoms with E-state index >= 15 is 0 Å². The van der Waals surface area contributed by atoms with Crippen molar-refractivity contribution in [1.29, 1.82) is 0 Å². The van der Waals surface area contributed by atoms with E-state index < -0.39 is 17.9 Å². The smallest absolute Gasteiger partial charge is 0.320 e. The molecule has 30 heavy (non-hydrogen) atoms. The zero-order chi connectivity index (χ0) is 21.9. The van der Waals surface area contributed by atoms with Crippen molar-refractivity contribution in [3.05, 3.63) is 77.4 Å². The van der Waals surface area contributed by atoms with E-state index in [-0.39, 0.29) is 31.3 Å². The Hall–Kier alpha value is -3.21. The Kier molecular flexibility index (Phi) is 9.01. The van der Waals surface area contributed by atoms with E-state index in [1.807, 2.05) is 48.6 Å². The molecule has 0 radical (unpaired) electrons. The topological polar surface area (TPSA) is 69.7 Å². The van der Waals surface area contributed by atoms with Gasteiger partial charge < -0.3 is 9.47 Å². The van der Waals surface area contributed by atoms with E-state index in [4.69, 9.17) is 9.47 Å². The van der Waals surface area contributed by atoms with E-state index in [2.05, 4.69) is 0 Å². The summed E-state index contributed by atoms with van der Waals surface area (Å²) >= 11 is 0. The molecular weight excluding hydrogens is 380 g/mol. The third kappa shape index (κ3) is 6.69. The lowest BCUT2D eigenvalue weighted by molar-refractivity contribution is -0.162. The van der Waals surface area contributed by atoms with Crippen LogP contribution in [-0.4, -0.2) is 30.9 Å². The lowest BCUT2D eigenvalue weighted by Crippen LogP contribution is -2.29. The summed E-state index contributed by atoms with van der Waals surface area (Å²) in [5.74, 6) is -2.58. The second-order valence-electron chi connectivity index (χ2n) is 6.85. The molecule has 0 aliphatic carbocycles. The van der Waals surface area contributed by atoms with Crippen LogP contribution >= 0.6 is 0 Å². The first kappa shape index (κ1) is 23.1. The Balaban J connectivity index is 2.41. The number of hydrogen-bond donors (Lipinski definition) is 0. The van der Waals surface area contributed by atoms with Crippen LogP contribution in [0.1, 0.15) is 54.6 Å². The number of rotatable bonds is 10. The first-order chi connectivity index (χ1) is 14.5. The van der Waals surface area contributed by atoms with Crippen LogP contribution in [0.4, 0.5) is 0 Å². The van der Waals surface area contributed by atoms with Crippen LogP contribution in [0.15, 0.2) is 60.7 Å². The molecule has 0 aliphatic heterocycles. The first-order valence-electron chi connectivity index (χ1n) is 10.1. The van der Waals surface area contributed by atoms with Crippen molar-refractivity contribution in [2.45, 2.75) is 33.1 Å². The predicted octanol–water partition coefficient (Wildman–Crippen LogP) is 4.82. The highest BCUT2D eigenvalue weighted by molar-refractivity contribution is 5.95. The van der Waals surface area contributed by atoms with Gasteiger partial charge in [-0.05, 0) is 44.4 Å². The van der Waals surface area contributed by atoms with Crippen molar-refractivity contribution in [3.8, 4) is 0 Å². The zero-order valence-corrected chi connectivity index (χ0v) is 17.7. The van der Waals surface area contributed by atoms with Crippen molar-refractivity contribution in [1.82, 2.24) is 0 Å². The Bertz CT molecular complexity index is 867. The van der Waals surface area contributed by atoms with E-state index in [0.29, 0.717) is 5.56 Å². The molecule has 0 amide bonds. The highest BCUT2D eigenvalue weighted by Crippen LogP contribution is 2.29. The van der Waals surface area contributed by atoms with Crippen LogP contribution in [0.5, 0.6) is 0 Å². The van der Waals surface area contributed by atoms with Crippen molar-refractivity contribution in [3.63, 3.8) is 0 Å². The maximum atomic E-state index is 12.5. The molecule has 5 nitrogen and oxygen atoms in total. The Morgan fingerprint density at radius 2 is 1.53 bits per heavy atom. The predicted molar refractivity (Wildman–Crippen MR) is 116 cm³/mol. The molecular formula is C25H28O5. The molecule has 0 fully saturated rings. The molecule has 1 unspecified atom stereocenters. The molecule has 0 aliphatic rings. The van der Waals surface area contributed by atoms with Gasteiger partial charge in [0.25, 0.3) is 0 Å². The molecule has 0 aromatic heterocycles. The van der Waals surface area contributed by atoms with Crippen LogP contribution in [0.2, 0.25) is 0 Å². The molecule has 2 rings (SSSR count). The number of hydrogen-bond acceptors (Lipinski definition) is 5. The van der Waals surface area contributed by atoms with Gasteiger partial charge in [0, 0.05) is 11.5 Å². The molecule has 1 atom stereocenters. The van der Waals surface area contributed by atoms with Gasteiger partial charge in [-0.3, -0.25) is 14.4 Å². The summed E-state index contributed by atoms with van der Waals surface area (Å²) in [7, 11) is 0. The van der Waals surface area contributed by atoms with Gasteiger partial charge in [-0.25, -0.2) is 0 Å². The summed E-state index contributed by atoms with van der Waals surface area (Å²) in [5.41, 5.74) is 2.41. The lowest BCUT2D eigenvalue weighted by atomic mass is 9.87. The summed E-state index contributed by atoms with van der Waals surface area (Å²) in [4.78, 5) is 36.8. The second-order valence-corrected chi connectivity index (χ2v) is 6.85.